The fourth-order valence-electron chi connectivity index (χ4n) is 3.94. The Morgan fingerprint density at radius 2 is 2.00 bits per heavy atom. The smallest absolute Gasteiger partial charge is 0.257 e. The predicted molar refractivity (Wildman–Crippen MR) is 110 cm³/mol. The number of amides is 2. The zero-order valence-corrected chi connectivity index (χ0v) is 17.0. The van der Waals surface area contributed by atoms with Crippen LogP contribution in [0.3, 0.4) is 0 Å². The number of fused-ring (bicyclic) bond motifs is 2. The highest BCUT2D eigenvalue weighted by Crippen LogP contribution is 2.35. The van der Waals surface area contributed by atoms with Gasteiger partial charge >= 0.3 is 0 Å². The zero-order valence-electron chi connectivity index (χ0n) is 15.5. The second-order valence-electron chi connectivity index (χ2n) is 7.24. The lowest BCUT2D eigenvalue weighted by Gasteiger charge is -2.46. The molecule has 2 aliphatic heterocycles. The third-order valence-corrected chi connectivity index (χ3v) is 6.35. The van der Waals surface area contributed by atoms with E-state index in [2.05, 4.69) is 26.1 Å². The van der Waals surface area contributed by atoms with Gasteiger partial charge < -0.3 is 15.1 Å². The van der Waals surface area contributed by atoms with Crippen LogP contribution < -0.4 is 10.2 Å². The van der Waals surface area contributed by atoms with Crippen molar-refractivity contribution in [3.63, 3.8) is 0 Å². The van der Waals surface area contributed by atoms with Gasteiger partial charge in [0.05, 0.1) is 11.3 Å². The summed E-state index contributed by atoms with van der Waals surface area (Å²) < 4.78 is 1.01. The van der Waals surface area contributed by atoms with E-state index in [0.717, 1.165) is 47.2 Å². The number of nitrogens with one attached hydrogen (secondary N) is 1. The highest BCUT2D eigenvalue weighted by atomic mass is 79.9. The molecule has 0 aliphatic carbocycles. The van der Waals surface area contributed by atoms with Crippen LogP contribution >= 0.6 is 15.9 Å². The summed E-state index contributed by atoms with van der Waals surface area (Å²) in [5, 5.41) is 2.94. The minimum Gasteiger partial charge on any atom is -0.354 e. The molecule has 2 heterocycles. The summed E-state index contributed by atoms with van der Waals surface area (Å²) in [4.78, 5) is 29.7. The van der Waals surface area contributed by atoms with Gasteiger partial charge in [-0.05, 0) is 68.1 Å². The Kier molecular flexibility index (Phi) is 4.68. The molecule has 1 saturated heterocycles. The Hall–Kier alpha value is -2.34. The number of carbonyl (C=O) groups excluding carboxylic acids is 2. The van der Waals surface area contributed by atoms with Crippen molar-refractivity contribution in [2.45, 2.75) is 32.4 Å². The predicted octanol–water partition coefficient (Wildman–Crippen LogP) is 4.41. The lowest BCUT2D eigenvalue weighted by atomic mass is 9.97. The first kappa shape index (κ1) is 18.0. The lowest BCUT2D eigenvalue weighted by molar-refractivity contribution is 0.0589. The minimum absolute atomic E-state index is 0.0725. The quantitative estimate of drug-likeness (QED) is 0.771. The van der Waals surface area contributed by atoms with E-state index in [9.17, 15) is 9.59 Å². The minimum atomic E-state index is -0.175. The fraction of sp³-hybridized carbons (Fsp3) is 0.333. The number of halogens is 1. The van der Waals surface area contributed by atoms with Crippen molar-refractivity contribution in [2.75, 3.05) is 23.8 Å². The summed E-state index contributed by atoms with van der Waals surface area (Å²) in [6.07, 6.45) is 3.23. The molecule has 2 aromatic rings. The molecule has 27 heavy (non-hydrogen) atoms. The Labute approximate surface area is 167 Å². The Morgan fingerprint density at radius 3 is 2.78 bits per heavy atom. The van der Waals surface area contributed by atoms with Gasteiger partial charge in [-0.25, -0.2) is 0 Å². The van der Waals surface area contributed by atoms with Crippen LogP contribution in [0.15, 0.2) is 40.9 Å². The van der Waals surface area contributed by atoms with E-state index in [1.807, 2.05) is 43.1 Å². The summed E-state index contributed by atoms with van der Waals surface area (Å²) in [5.41, 5.74) is 3.87. The molecule has 0 saturated carbocycles. The van der Waals surface area contributed by atoms with E-state index in [0.29, 0.717) is 11.1 Å². The van der Waals surface area contributed by atoms with Crippen LogP contribution in [0.2, 0.25) is 0 Å². The first-order valence-corrected chi connectivity index (χ1v) is 10.0. The summed E-state index contributed by atoms with van der Waals surface area (Å²) in [6, 6.07) is 11.1. The van der Waals surface area contributed by atoms with Gasteiger partial charge in [-0.2, -0.15) is 0 Å². The Balaban J connectivity index is 1.62. The van der Waals surface area contributed by atoms with Crippen LogP contribution in [-0.4, -0.2) is 36.5 Å². The van der Waals surface area contributed by atoms with Crippen molar-refractivity contribution in [2.24, 2.45) is 0 Å². The maximum atomic E-state index is 12.8. The maximum absolute atomic E-state index is 12.8. The SMILES string of the molecule is Cc1cc(NC(=O)c2ccc3c(c2)N(C)[C@@H]2CCCCN2C3=O)ccc1Br. The van der Waals surface area contributed by atoms with Crippen LogP contribution in [0.1, 0.15) is 45.5 Å². The van der Waals surface area contributed by atoms with Gasteiger partial charge in [-0.1, -0.05) is 15.9 Å². The Morgan fingerprint density at radius 1 is 1.19 bits per heavy atom. The number of nitrogens with zero attached hydrogens (tertiary/aromatic N) is 2. The van der Waals surface area contributed by atoms with E-state index >= 15 is 0 Å². The maximum Gasteiger partial charge on any atom is 0.257 e. The summed E-state index contributed by atoms with van der Waals surface area (Å²) >= 11 is 3.47. The zero-order chi connectivity index (χ0) is 19.1. The van der Waals surface area contributed by atoms with Crippen LogP contribution in [0.25, 0.3) is 0 Å². The van der Waals surface area contributed by atoms with Crippen LogP contribution in [0.4, 0.5) is 11.4 Å². The molecule has 1 N–H and O–H groups in total. The largest absolute Gasteiger partial charge is 0.354 e. The van der Waals surface area contributed by atoms with Crippen molar-refractivity contribution in [3.8, 4) is 0 Å². The molecular weight excluding hydrogens is 406 g/mol. The highest BCUT2D eigenvalue weighted by molar-refractivity contribution is 9.10. The molecule has 5 nitrogen and oxygen atoms in total. The fourth-order valence-corrected chi connectivity index (χ4v) is 4.19. The molecule has 0 radical (unpaired) electrons. The molecule has 1 fully saturated rings. The third kappa shape index (κ3) is 3.23. The number of hydrogen-bond donors (Lipinski definition) is 1. The van der Waals surface area contributed by atoms with Gasteiger partial charge in [0, 0.05) is 29.3 Å². The molecule has 140 valence electrons. The van der Waals surface area contributed by atoms with Gasteiger partial charge in [0.2, 0.25) is 0 Å². The monoisotopic (exact) mass is 427 g/mol. The number of rotatable bonds is 2. The van der Waals surface area contributed by atoms with Gasteiger partial charge in [0.1, 0.15) is 6.17 Å². The van der Waals surface area contributed by atoms with Crippen molar-refractivity contribution >= 4 is 39.1 Å². The average Bonchev–Trinajstić information content (AvgIpc) is 2.68. The Bertz CT molecular complexity index is 928. The first-order chi connectivity index (χ1) is 13.0. The number of benzene rings is 2. The van der Waals surface area contributed by atoms with Gasteiger partial charge in [-0.15, -0.1) is 0 Å². The van der Waals surface area contributed by atoms with E-state index in [1.165, 1.54) is 0 Å². The van der Waals surface area contributed by atoms with E-state index in [1.54, 1.807) is 12.1 Å². The lowest BCUT2D eigenvalue weighted by Crippen LogP contribution is -2.55. The summed E-state index contributed by atoms with van der Waals surface area (Å²) in [5.74, 6) is -0.102. The first-order valence-electron chi connectivity index (χ1n) is 9.21. The molecular formula is C21H22BrN3O2. The van der Waals surface area contributed by atoms with Gasteiger partial charge in [0.25, 0.3) is 11.8 Å². The molecule has 1 atom stereocenters. The standard InChI is InChI=1S/C21H22BrN3O2/c1-13-11-15(7-9-17(13)22)23-20(26)14-6-8-16-18(12-14)24(2)19-5-3-4-10-25(19)21(16)27/h6-9,11-12,19H,3-5,10H2,1-2H3,(H,23,26)/t19-/m0/s1. The molecule has 0 unspecified atom stereocenters. The van der Waals surface area contributed by atoms with Crippen LogP contribution in [-0.2, 0) is 0 Å². The van der Waals surface area contributed by atoms with E-state index in [4.69, 9.17) is 0 Å². The third-order valence-electron chi connectivity index (χ3n) is 5.47. The molecule has 2 aliphatic rings. The van der Waals surface area contributed by atoms with Gasteiger partial charge in [0.15, 0.2) is 0 Å². The molecule has 0 aromatic heterocycles. The molecule has 0 spiro atoms. The van der Waals surface area contributed by atoms with Crippen molar-refractivity contribution in [3.05, 3.63) is 57.6 Å². The second-order valence-corrected chi connectivity index (χ2v) is 8.09. The number of carbonyl (C=O) groups is 2. The summed E-state index contributed by atoms with van der Waals surface area (Å²) in [6.45, 7) is 2.79. The van der Waals surface area contributed by atoms with Crippen molar-refractivity contribution < 1.29 is 9.59 Å². The normalized spacial score (nSPS) is 18.8. The van der Waals surface area contributed by atoms with Crippen molar-refractivity contribution in [1.29, 1.82) is 0 Å². The topological polar surface area (TPSA) is 52.7 Å². The molecule has 6 heteroatoms. The van der Waals surface area contributed by atoms with E-state index < -0.39 is 0 Å². The number of aryl methyl sites for hydroxylation is 1. The molecule has 4 rings (SSSR count). The van der Waals surface area contributed by atoms with Crippen LogP contribution in [0.5, 0.6) is 0 Å². The highest BCUT2D eigenvalue weighted by Gasteiger charge is 2.37. The average molecular weight is 428 g/mol. The molecule has 2 aromatic carbocycles. The van der Waals surface area contributed by atoms with Crippen LogP contribution in [0, 0.1) is 6.92 Å². The second kappa shape index (κ2) is 7.00. The van der Waals surface area contributed by atoms with Gasteiger partial charge in [-0.3, -0.25) is 9.59 Å². The summed E-state index contributed by atoms with van der Waals surface area (Å²) in [7, 11) is 2.01. The number of anilines is 2. The van der Waals surface area contributed by atoms with E-state index in [-0.39, 0.29) is 18.0 Å². The number of hydrogen-bond acceptors (Lipinski definition) is 3. The molecule has 0 bridgehead atoms. The molecule has 2 amide bonds. The number of piperidine rings is 1. The van der Waals surface area contributed by atoms with Crippen molar-refractivity contribution in [1.82, 2.24) is 4.90 Å².